The van der Waals surface area contributed by atoms with Gasteiger partial charge in [0.25, 0.3) is 0 Å². The zero-order valence-electron chi connectivity index (χ0n) is 29.2. The number of fused-ring (bicyclic) bond motifs is 7. The summed E-state index contributed by atoms with van der Waals surface area (Å²) in [6.07, 6.45) is 0. The maximum Gasteiger partial charge on any atom is 0.143 e. The van der Waals surface area contributed by atoms with Gasteiger partial charge in [0.1, 0.15) is 11.2 Å². The molecule has 0 amide bonds. The molecule has 0 aliphatic heterocycles. The lowest BCUT2D eigenvalue weighted by Crippen LogP contribution is -1.90. The second-order valence-electron chi connectivity index (χ2n) is 14.0. The first-order chi connectivity index (χ1) is 26.1. The van der Waals surface area contributed by atoms with Crippen molar-refractivity contribution in [3.63, 3.8) is 0 Å². The summed E-state index contributed by atoms with van der Waals surface area (Å²) < 4.78 is 6.90. The van der Waals surface area contributed by atoms with Crippen molar-refractivity contribution in [1.82, 2.24) is 0 Å². The van der Waals surface area contributed by atoms with Crippen molar-refractivity contribution in [2.24, 2.45) is 0 Å². The van der Waals surface area contributed by atoms with Crippen molar-refractivity contribution in [2.45, 2.75) is 13.8 Å². The average molecular weight is 713 g/mol. The van der Waals surface area contributed by atoms with E-state index in [4.69, 9.17) is 4.42 Å². The standard InChI is InChI=1S/C50H32OS2/c1-29-22-26-44(52-29)48-36-16-7-3-12-32(36)46(33-13-4-8-17-37(33)48)31-24-25-43-42(28-31)40-20-11-21-41(50(40)51-43)47-34-14-5-9-18-38(34)49(45-27-23-30(2)53-45)39-19-10-6-15-35(39)47/h3-28H,1-2H3. The predicted molar refractivity (Wildman–Crippen MR) is 231 cm³/mol. The fraction of sp³-hybridized carbons (Fsp3) is 0.0400. The van der Waals surface area contributed by atoms with Gasteiger partial charge in [-0.15, -0.1) is 22.7 Å². The van der Waals surface area contributed by atoms with Crippen LogP contribution in [0.3, 0.4) is 0 Å². The molecule has 0 aliphatic carbocycles. The minimum absolute atomic E-state index is 0.898. The number of thiophene rings is 2. The van der Waals surface area contributed by atoms with Crippen LogP contribution in [-0.2, 0) is 0 Å². The van der Waals surface area contributed by atoms with Crippen molar-refractivity contribution < 1.29 is 4.42 Å². The normalized spacial score (nSPS) is 12.0. The van der Waals surface area contributed by atoms with Gasteiger partial charge in [-0.25, -0.2) is 0 Å². The molecule has 0 spiro atoms. The van der Waals surface area contributed by atoms with E-state index >= 15 is 0 Å². The van der Waals surface area contributed by atoms with E-state index in [1.54, 1.807) is 0 Å². The van der Waals surface area contributed by atoms with Crippen LogP contribution in [0.1, 0.15) is 9.75 Å². The lowest BCUT2D eigenvalue weighted by molar-refractivity contribution is 0.670. The third-order valence-corrected chi connectivity index (χ3v) is 12.9. The van der Waals surface area contributed by atoms with Crippen LogP contribution in [0.25, 0.3) is 108 Å². The largest absolute Gasteiger partial charge is 0.455 e. The monoisotopic (exact) mass is 712 g/mol. The Morgan fingerprint density at radius 2 is 0.792 bits per heavy atom. The van der Waals surface area contributed by atoms with Crippen LogP contribution in [0, 0.1) is 13.8 Å². The Labute approximate surface area is 315 Å². The molecule has 0 unspecified atom stereocenters. The second-order valence-corrected chi connectivity index (χ2v) is 16.6. The molecule has 0 saturated carbocycles. The smallest absolute Gasteiger partial charge is 0.143 e. The van der Waals surface area contributed by atoms with E-state index in [0.717, 1.165) is 27.5 Å². The first-order valence-electron chi connectivity index (χ1n) is 18.1. The van der Waals surface area contributed by atoms with E-state index in [9.17, 15) is 0 Å². The summed E-state index contributed by atoms with van der Waals surface area (Å²) in [6.45, 7) is 4.38. The molecule has 0 aliphatic rings. The number of hydrogen-bond donors (Lipinski definition) is 0. The van der Waals surface area contributed by atoms with E-state index in [1.165, 1.54) is 90.4 Å². The number of para-hydroxylation sites is 1. The van der Waals surface area contributed by atoms with Crippen LogP contribution >= 0.6 is 22.7 Å². The minimum Gasteiger partial charge on any atom is -0.455 e. The topological polar surface area (TPSA) is 13.1 Å². The highest BCUT2D eigenvalue weighted by molar-refractivity contribution is 7.16. The molecule has 0 N–H and O–H groups in total. The molecule has 11 rings (SSSR count). The minimum atomic E-state index is 0.898. The average Bonchev–Trinajstić information content (AvgIpc) is 3.93. The summed E-state index contributed by atoms with van der Waals surface area (Å²) in [6, 6.07) is 58.0. The Hall–Kier alpha value is -6.00. The first-order valence-corrected chi connectivity index (χ1v) is 19.7. The highest BCUT2D eigenvalue weighted by Crippen LogP contribution is 2.49. The van der Waals surface area contributed by atoms with Gasteiger partial charge in [-0.2, -0.15) is 0 Å². The zero-order valence-corrected chi connectivity index (χ0v) is 30.9. The van der Waals surface area contributed by atoms with Crippen LogP contribution in [0.4, 0.5) is 0 Å². The molecule has 3 aromatic heterocycles. The molecule has 0 bridgehead atoms. The Morgan fingerprint density at radius 3 is 1.25 bits per heavy atom. The van der Waals surface area contributed by atoms with E-state index in [-0.39, 0.29) is 0 Å². The third kappa shape index (κ3) is 4.61. The third-order valence-electron chi connectivity index (χ3n) is 10.9. The molecule has 53 heavy (non-hydrogen) atoms. The fourth-order valence-corrected chi connectivity index (χ4v) is 10.6. The quantitative estimate of drug-likeness (QED) is 0.166. The van der Waals surface area contributed by atoms with Crippen LogP contribution in [0.15, 0.2) is 162 Å². The van der Waals surface area contributed by atoms with Gasteiger partial charge < -0.3 is 4.42 Å². The lowest BCUT2D eigenvalue weighted by Gasteiger charge is -2.17. The predicted octanol–water partition coefficient (Wildman–Crippen LogP) is 15.6. The van der Waals surface area contributed by atoms with Gasteiger partial charge in [0, 0.05) is 52.5 Å². The van der Waals surface area contributed by atoms with Crippen molar-refractivity contribution in [1.29, 1.82) is 0 Å². The summed E-state index contributed by atoms with van der Waals surface area (Å²) in [5, 5.41) is 12.3. The molecule has 8 aromatic carbocycles. The second kappa shape index (κ2) is 11.8. The SMILES string of the molecule is Cc1ccc(-c2c3ccccc3c(-c3ccc4oc5c(-c6c7ccccc7c(-c7ccc(C)s7)c7ccccc67)cccc5c4c3)c3ccccc23)s1. The van der Waals surface area contributed by atoms with Crippen molar-refractivity contribution in [2.75, 3.05) is 0 Å². The summed E-state index contributed by atoms with van der Waals surface area (Å²) in [5.74, 6) is 0. The maximum atomic E-state index is 6.90. The van der Waals surface area contributed by atoms with E-state index in [2.05, 4.69) is 172 Å². The van der Waals surface area contributed by atoms with Crippen LogP contribution in [0.2, 0.25) is 0 Å². The molecule has 0 saturated heterocycles. The number of benzene rings is 8. The molecular formula is C50H32OS2. The van der Waals surface area contributed by atoms with Crippen molar-refractivity contribution in [3.05, 3.63) is 167 Å². The van der Waals surface area contributed by atoms with E-state index < -0.39 is 0 Å². The van der Waals surface area contributed by atoms with Gasteiger partial charge >= 0.3 is 0 Å². The molecule has 1 nitrogen and oxygen atoms in total. The van der Waals surface area contributed by atoms with Gasteiger partial charge in [0.05, 0.1) is 0 Å². The van der Waals surface area contributed by atoms with Crippen LogP contribution < -0.4 is 0 Å². The Morgan fingerprint density at radius 1 is 0.358 bits per heavy atom. The van der Waals surface area contributed by atoms with Gasteiger partial charge in [0.2, 0.25) is 0 Å². The highest BCUT2D eigenvalue weighted by atomic mass is 32.1. The van der Waals surface area contributed by atoms with Gasteiger partial charge in [0.15, 0.2) is 0 Å². The van der Waals surface area contributed by atoms with Crippen LogP contribution in [-0.4, -0.2) is 0 Å². The number of aryl methyl sites for hydroxylation is 2. The summed E-state index contributed by atoms with van der Waals surface area (Å²) in [5.41, 5.74) is 9.23. The first kappa shape index (κ1) is 30.6. The van der Waals surface area contributed by atoms with Crippen LogP contribution in [0.5, 0.6) is 0 Å². The molecular weight excluding hydrogens is 681 g/mol. The summed E-state index contributed by atoms with van der Waals surface area (Å²) >= 11 is 3.73. The molecule has 0 radical (unpaired) electrons. The number of rotatable bonds is 4. The van der Waals surface area contributed by atoms with Crippen molar-refractivity contribution in [3.8, 4) is 43.1 Å². The lowest BCUT2D eigenvalue weighted by atomic mass is 9.87. The van der Waals surface area contributed by atoms with Crippen molar-refractivity contribution >= 4 is 87.7 Å². The molecule has 250 valence electrons. The van der Waals surface area contributed by atoms with Gasteiger partial charge in [-0.1, -0.05) is 121 Å². The van der Waals surface area contributed by atoms with Gasteiger partial charge in [-0.3, -0.25) is 0 Å². The number of hydrogen-bond acceptors (Lipinski definition) is 3. The highest BCUT2D eigenvalue weighted by Gasteiger charge is 2.22. The molecule has 11 aromatic rings. The van der Waals surface area contributed by atoms with E-state index in [0.29, 0.717) is 0 Å². The number of furan rings is 1. The van der Waals surface area contributed by atoms with E-state index in [1.807, 2.05) is 22.7 Å². The molecule has 3 heterocycles. The molecule has 3 heteroatoms. The molecule has 0 atom stereocenters. The Kier molecular flexibility index (Phi) is 6.79. The zero-order chi connectivity index (χ0) is 35.2. The molecule has 0 fully saturated rings. The Balaban J connectivity index is 1.18. The fourth-order valence-electron chi connectivity index (χ4n) is 8.68. The maximum absolute atomic E-state index is 6.90. The van der Waals surface area contributed by atoms with Gasteiger partial charge in [-0.05, 0) is 104 Å². The Bertz CT molecular complexity index is 3150. The summed E-state index contributed by atoms with van der Waals surface area (Å²) in [7, 11) is 0. The summed E-state index contributed by atoms with van der Waals surface area (Å²) in [4.78, 5) is 5.25.